The highest BCUT2D eigenvalue weighted by Crippen LogP contribution is 2.39. The Kier molecular flexibility index (Phi) is 4.32. The summed E-state index contributed by atoms with van der Waals surface area (Å²) in [5.74, 6) is 2.10. The van der Waals surface area contributed by atoms with Crippen molar-refractivity contribution in [3.63, 3.8) is 0 Å². The predicted molar refractivity (Wildman–Crippen MR) is 118 cm³/mol. The topological polar surface area (TPSA) is 86.8 Å². The van der Waals surface area contributed by atoms with Gasteiger partial charge in [0.25, 0.3) is 0 Å². The average Bonchev–Trinajstić information content (AvgIpc) is 3.53. The first-order chi connectivity index (χ1) is 15.7. The summed E-state index contributed by atoms with van der Waals surface area (Å²) in [6, 6.07) is 10.4. The lowest BCUT2D eigenvalue weighted by atomic mass is 10.1. The maximum Gasteiger partial charge on any atom is 0.226 e. The molecule has 6 rings (SSSR count). The van der Waals surface area contributed by atoms with Gasteiger partial charge in [-0.2, -0.15) is 10.4 Å². The number of piperazine rings is 1. The van der Waals surface area contributed by atoms with Crippen LogP contribution in [0, 0.1) is 17.2 Å². The second-order valence-corrected chi connectivity index (χ2v) is 8.98. The molecule has 2 saturated heterocycles. The maximum absolute atomic E-state index is 12.8. The van der Waals surface area contributed by atoms with Crippen LogP contribution in [0.3, 0.4) is 0 Å². The number of carbonyl (C=O) groups excluding carboxylic acids is 1. The molecule has 8 heteroatoms. The van der Waals surface area contributed by atoms with Gasteiger partial charge in [-0.25, -0.2) is 9.50 Å². The summed E-state index contributed by atoms with van der Waals surface area (Å²) in [6.07, 6.45) is 7.79. The summed E-state index contributed by atoms with van der Waals surface area (Å²) in [5.41, 5.74) is 3.33. The summed E-state index contributed by atoms with van der Waals surface area (Å²) in [5, 5.41) is 13.8. The van der Waals surface area contributed by atoms with Crippen molar-refractivity contribution >= 4 is 17.2 Å². The summed E-state index contributed by atoms with van der Waals surface area (Å²) in [4.78, 5) is 21.9. The van der Waals surface area contributed by atoms with E-state index in [-0.39, 0.29) is 18.0 Å². The van der Waals surface area contributed by atoms with Gasteiger partial charge in [-0.05, 0) is 49.4 Å². The third kappa shape index (κ3) is 3.00. The van der Waals surface area contributed by atoms with E-state index in [0.717, 1.165) is 61.2 Å². The molecule has 3 fully saturated rings. The number of anilines is 1. The van der Waals surface area contributed by atoms with Crippen LogP contribution < -0.4 is 9.64 Å². The lowest BCUT2D eigenvalue weighted by molar-refractivity contribution is -0.135. The second-order valence-electron chi connectivity index (χ2n) is 8.98. The van der Waals surface area contributed by atoms with E-state index in [0.29, 0.717) is 17.2 Å². The van der Waals surface area contributed by atoms with Gasteiger partial charge in [-0.1, -0.05) is 6.07 Å². The molecule has 0 radical (unpaired) electrons. The minimum atomic E-state index is 0.270. The molecule has 1 aliphatic carbocycles. The minimum Gasteiger partial charge on any atom is -0.495 e. The summed E-state index contributed by atoms with van der Waals surface area (Å²) < 4.78 is 7.11. The third-order valence-corrected chi connectivity index (χ3v) is 7.00. The van der Waals surface area contributed by atoms with E-state index in [1.54, 1.807) is 13.4 Å². The van der Waals surface area contributed by atoms with Gasteiger partial charge in [0.1, 0.15) is 23.7 Å². The summed E-state index contributed by atoms with van der Waals surface area (Å²) in [7, 11) is 1.56. The van der Waals surface area contributed by atoms with Crippen LogP contribution in [0.1, 0.15) is 31.2 Å². The lowest BCUT2D eigenvalue weighted by Crippen LogP contribution is -2.56. The van der Waals surface area contributed by atoms with Gasteiger partial charge in [0.2, 0.25) is 5.91 Å². The van der Waals surface area contributed by atoms with Crippen molar-refractivity contribution in [2.24, 2.45) is 5.92 Å². The fourth-order valence-electron chi connectivity index (χ4n) is 5.27. The van der Waals surface area contributed by atoms with Crippen molar-refractivity contribution in [3.8, 4) is 22.9 Å². The molecule has 1 aromatic carbocycles. The Morgan fingerprint density at radius 2 is 1.91 bits per heavy atom. The van der Waals surface area contributed by atoms with E-state index >= 15 is 0 Å². The van der Waals surface area contributed by atoms with Gasteiger partial charge in [0, 0.05) is 42.9 Å². The van der Waals surface area contributed by atoms with Gasteiger partial charge < -0.3 is 14.5 Å². The molecule has 0 N–H and O–H groups in total. The molecule has 4 heterocycles. The molecule has 0 spiro atoms. The predicted octanol–water partition coefficient (Wildman–Crippen LogP) is 2.87. The Labute approximate surface area is 186 Å². The molecule has 2 aliphatic heterocycles. The van der Waals surface area contributed by atoms with Crippen molar-refractivity contribution in [2.75, 3.05) is 25.1 Å². The highest BCUT2D eigenvalue weighted by Gasteiger charge is 2.46. The first kappa shape index (κ1) is 19.1. The lowest BCUT2D eigenvalue weighted by Gasteiger charge is -2.41. The molecule has 2 atom stereocenters. The van der Waals surface area contributed by atoms with Crippen molar-refractivity contribution in [1.29, 1.82) is 5.26 Å². The number of hydrogen-bond donors (Lipinski definition) is 0. The molecule has 2 bridgehead atoms. The van der Waals surface area contributed by atoms with Crippen molar-refractivity contribution < 1.29 is 9.53 Å². The highest BCUT2D eigenvalue weighted by atomic mass is 16.5. The molecular formula is C24H24N6O2. The summed E-state index contributed by atoms with van der Waals surface area (Å²) >= 11 is 0. The van der Waals surface area contributed by atoms with Gasteiger partial charge in [0.15, 0.2) is 5.82 Å². The van der Waals surface area contributed by atoms with E-state index in [1.807, 2.05) is 28.9 Å². The van der Waals surface area contributed by atoms with Crippen molar-refractivity contribution in [1.82, 2.24) is 19.5 Å². The number of hydrogen-bond acceptors (Lipinski definition) is 6. The van der Waals surface area contributed by atoms with Crippen LogP contribution in [0.15, 0.2) is 36.8 Å². The quantitative estimate of drug-likeness (QED) is 0.635. The average molecular weight is 428 g/mol. The van der Waals surface area contributed by atoms with Gasteiger partial charge in [-0.3, -0.25) is 4.79 Å². The SMILES string of the molecule is COc1ccc(-c2cc3c(N4CC5CCC(C4)N5C(=O)C4CC4)ncnn3c2)cc1C#N. The molecule has 3 aromatic rings. The molecule has 32 heavy (non-hydrogen) atoms. The van der Waals surface area contributed by atoms with Crippen LogP contribution in [0.2, 0.25) is 0 Å². The Morgan fingerprint density at radius 3 is 2.59 bits per heavy atom. The van der Waals surface area contributed by atoms with Crippen LogP contribution >= 0.6 is 0 Å². The first-order valence-electron chi connectivity index (χ1n) is 11.2. The number of carbonyl (C=O) groups is 1. The molecule has 162 valence electrons. The number of nitriles is 1. The summed E-state index contributed by atoms with van der Waals surface area (Å²) in [6.45, 7) is 1.62. The van der Waals surface area contributed by atoms with Crippen LogP contribution in [-0.2, 0) is 4.79 Å². The number of aromatic nitrogens is 3. The Hall–Kier alpha value is -3.60. The number of rotatable bonds is 4. The number of fused-ring (bicyclic) bond motifs is 3. The van der Waals surface area contributed by atoms with Crippen LogP contribution in [0.5, 0.6) is 5.75 Å². The molecule has 1 amide bonds. The number of methoxy groups -OCH3 is 1. The number of amides is 1. The van der Waals surface area contributed by atoms with Crippen LogP contribution in [0.4, 0.5) is 5.82 Å². The first-order valence-corrected chi connectivity index (χ1v) is 11.2. The number of nitrogens with zero attached hydrogens (tertiary/aromatic N) is 6. The van der Waals surface area contributed by atoms with Gasteiger partial charge >= 0.3 is 0 Å². The van der Waals surface area contributed by atoms with Gasteiger partial charge in [0.05, 0.1) is 12.7 Å². The molecular weight excluding hydrogens is 404 g/mol. The zero-order chi connectivity index (χ0) is 21.8. The highest BCUT2D eigenvalue weighted by molar-refractivity contribution is 5.83. The van der Waals surface area contributed by atoms with Crippen molar-refractivity contribution in [2.45, 2.75) is 37.8 Å². The normalized spacial score (nSPS) is 22.2. The monoisotopic (exact) mass is 428 g/mol. The van der Waals surface area contributed by atoms with E-state index in [9.17, 15) is 10.1 Å². The fraction of sp³-hybridized carbons (Fsp3) is 0.417. The minimum absolute atomic E-state index is 0.270. The Bertz CT molecular complexity index is 1240. The number of ether oxygens (including phenoxy) is 1. The molecule has 8 nitrogen and oxygen atoms in total. The third-order valence-electron chi connectivity index (χ3n) is 7.00. The van der Waals surface area contributed by atoms with Gasteiger partial charge in [-0.15, -0.1) is 0 Å². The maximum atomic E-state index is 12.8. The molecule has 1 saturated carbocycles. The van der Waals surface area contributed by atoms with Crippen LogP contribution in [0.25, 0.3) is 16.6 Å². The van der Waals surface area contributed by atoms with Crippen molar-refractivity contribution in [3.05, 3.63) is 42.4 Å². The molecule has 2 unspecified atom stereocenters. The van der Waals surface area contributed by atoms with Crippen LogP contribution in [-0.4, -0.2) is 57.7 Å². The largest absolute Gasteiger partial charge is 0.495 e. The molecule has 2 aromatic heterocycles. The van der Waals surface area contributed by atoms with E-state index in [1.165, 1.54) is 0 Å². The Morgan fingerprint density at radius 1 is 1.12 bits per heavy atom. The second kappa shape index (κ2) is 7.23. The van der Waals surface area contributed by atoms with E-state index < -0.39 is 0 Å². The Balaban J connectivity index is 1.33. The zero-order valence-corrected chi connectivity index (χ0v) is 17.9. The fourth-order valence-corrected chi connectivity index (χ4v) is 5.27. The van der Waals surface area contributed by atoms with E-state index in [2.05, 4.69) is 32.0 Å². The standard InChI is InChI=1S/C24H24N6O2/c1-32-22-7-4-16(8-17(22)10-25)18-9-21-23(26-14-27-29(21)11-18)28-12-19-5-6-20(13-28)30(19)24(31)15-2-3-15/h4,7-9,11,14-15,19-20H,2-3,5-6,12-13H2,1H3. The molecule has 3 aliphatic rings. The van der Waals surface area contributed by atoms with E-state index in [4.69, 9.17) is 4.74 Å². The number of benzene rings is 1. The zero-order valence-electron chi connectivity index (χ0n) is 17.9. The smallest absolute Gasteiger partial charge is 0.226 e.